The lowest BCUT2D eigenvalue weighted by Gasteiger charge is -2.18. The van der Waals surface area contributed by atoms with Gasteiger partial charge in [-0.1, -0.05) is 42.5 Å². The Morgan fingerprint density at radius 2 is 1.81 bits per heavy atom. The van der Waals surface area contributed by atoms with Crippen LogP contribution in [0.5, 0.6) is 0 Å². The van der Waals surface area contributed by atoms with Crippen LogP contribution in [-0.4, -0.2) is 23.0 Å². The molecule has 0 fully saturated rings. The smallest absolute Gasteiger partial charge is 0.271 e. The van der Waals surface area contributed by atoms with Gasteiger partial charge in [-0.3, -0.25) is 14.6 Å². The second-order valence-electron chi connectivity index (χ2n) is 7.25. The molecule has 5 rings (SSSR count). The number of anilines is 1. The van der Waals surface area contributed by atoms with Gasteiger partial charge < -0.3 is 4.90 Å². The highest BCUT2D eigenvalue weighted by Gasteiger charge is 2.29. The van der Waals surface area contributed by atoms with Gasteiger partial charge in [0.15, 0.2) is 0 Å². The summed E-state index contributed by atoms with van der Waals surface area (Å²) in [5.74, 6) is -0.306. The van der Waals surface area contributed by atoms with E-state index in [1.165, 1.54) is 6.21 Å². The quantitative estimate of drug-likeness (QED) is 0.399. The van der Waals surface area contributed by atoms with Gasteiger partial charge in [-0.15, -0.1) is 0 Å². The molecule has 0 atom stereocenters. The Bertz CT molecular complexity index is 1310. The summed E-state index contributed by atoms with van der Waals surface area (Å²) in [4.78, 5) is 31.0. The number of nitrogens with one attached hydrogen (secondary N) is 1. The van der Waals surface area contributed by atoms with E-state index in [1.54, 1.807) is 35.5 Å². The molecule has 1 aromatic heterocycles. The van der Waals surface area contributed by atoms with Crippen molar-refractivity contribution in [2.75, 3.05) is 4.90 Å². The number of pyridine rings is 1. The third-order valence-electron chi connectivity index (χ3n) is 5.27. The van der Waals surface area contributed by atoms with Crippen molar-refractivity contribution in [1.82, 2.24) is 10.4 Å². The molecule has 0 saturated carbocycles. The number of amides is 2. The number of aromatic nitrogens is 1. The third kappa shape index (κ3) is 3.55. The first-order chi connectivity index (χ1) is 15.2. The van der Waals surface area contributed by atoms with Gasteiger partial charge >= 0.3 is 0 Å². The van der Waals surface area contributed by atoms with E-state index in [9.17, 15) is 9.59 Å². The van der Waals surface area contributed by atoms with Crippen molar-refractivity contribution in [3.63, 3.8) is 0 Å². The Kier molecular flexibility index (Phi) is 4.72. The number of nitrogens with zero attached hydrogens (tertiary/aromatic N) is 3. The van der Waals surface area contributed by atoms with Gasteiger partial charge in [0.1, 0.15) is 0 Å². The van der Waals surface area contributed by atoms with Gasteiger partial charge in [-0.05, 0) is 41.3 Å². The van der Waals surface area contributed by atoms with Gasteiger partial charge in [0.25, 0.3) is 11.8 Å². The van der Waals surface area contributed by atoms with E-state index in [0.29, 0.717) is 12.1 Å². The maximum atomic E-state index is 12.9. The van der Waals surface area contributed by atoms with E-state index < -0.39 is 0 Å². The molecule has 1 N–H and O–H groups in total. The monoisotopic (exact) mass is 406 g/mol. The predicted molar refractivity (Wildman–Crippen MR) is 120 cm³/mol. The largest absolute Gasteiger partial charge is 0.303 e. The molecule has 6 nitrogen and oxygen atoms in total. The van der Waals surface area contributed by atoms with Crippen molar-refractivity contribution in [2.45, 2.75) is 6.54 Å². The van der Waals surface area contributed by atoms with Crippen molar-refractivity contribution >= 4 is 34.5 Å². The fourth-order valence-corrected chi connectivity index (χ4v) is 3.76. The summed E-state index contributed by atoms with van der Waals surface area (Å²) in [7, 11) is 0. The van der Waals surface area contributed by atoms with Crippen molar-refractivity contribution in [3.8, 4) is 0 Å². The first kappa shape index (κ1) is 18.7. The first-order valence-corrected chi connectivity index (χ1v) is 9.87. The Morgan fingerprint density at radius 1 is 1.00 bits per heavy atom. The lowest BCUT2D eigenvalue weighted by Crippen LogP contribution is -2.26. The van der Waals surface area contributed by atoms with Crippen LogP contribution in [0.25, 0.3) is 10.8 Å². The first-order valence-electron chi connectivity index (χ1n) is 9.87. The second kappa shape index (κ2) is 7.84. The molecular formula is C25H18N4O2. The van der Waals surface area contributed by atoms with Gasteiger partial charge in [0.05, 0.1) is 18.4 Å². The highest BCUT2D eigenvalue weighted by Crippen LogP contribution is 2.37. The van der Waals surface area contributed by atoms with Crippen molar-refractivity contribution in [3.05, 3.63) is 107 Å². The number of hydrogen-bond acceptors (Lipinski definition) is 4. The van der Waals surface area contributed by atoms with Gasteiger partial charge in [-0.2, -0.15) is 5.10 Å². The minimum Gasteiger partial charge on any atom is -0.303 e. The highest BCUT2D eigenvalue weighted by atomic mass is 16.2. The summed E-state index contributed by atoms with van der Waals surface area (Å²) in [5, 5.41) is 6.02. The standard InChI is InChI=1S/C25H18N4O2/c30-24(28-27-15-18-4-3-13-26-14-18)20-11-9-17(10-12-20)16-29-22-8-2-6-19-5-1-7-21(23(19)22)25(29)31/h1-15H,16H2,(H,28,30)/b27-15-. The number of hydrazone groups is 1. The van der Waals surface area contributed by atoms with Gasteiger partial charge in [-0.25, -0.2) is 5.43 Å². The lowest BCUT2D eigenvalue weighted by molar-refractivity contribution is 0.0953. The molecule has 6 heteroatoms. The molecular weight excluding hydrogens is 388 g/mol. The molecule has 0 radical (unpaired) electrons. The van der Waals surface area contributed by atoms with E-state index in [4.69, 9.17) is 0 Å². The second-order valence-corrected chi connectivity index (χ2v) is 7.25. The fraction of sp³-hybridized carbons (Fsp3) is 0.0400. The molecule has 0 spiro atoms. The number of carbonyl (C=O) groups is 2. The van der Waals surface area contributed by atoms with Crippen molar-refractivity contribution < 1.29 is 9.59 Å². The zero-order chi connectivity index (χ0) is 21.2. The average Bonchev–Trinajstić information content (AvgIpc) is 3.08. The molecule has 0 aliphatic carbocycles. The van der Waals surface area contributed by atoms with E-state index in [-0.39, 0.29) is 11.8 Å². The number of rotatable bonds is 5. The average molecular weight is 406 g/mol. The summed E-state index contributed by atoms with van der Waals surface area (Å²) in [6.45, 7) is 0.438. The molecule has 31 heavy (non-hydrogen) atoms. The van der Waals surface area contributed by atoms with E-state index in [0.717, 1.165) is 33.2 Å². The normalized spacial score (nSPS) is 12.6. The van der Waals surface area contributed by atoms with Crippen molar-refractivity contribution in [1.29, 1.82) is 0 Å². The predicted octanol–water partition coefficient (Wildman–Crippen LogP) is 4.16. The van der Waals surface area contributed by atoms with Crippen LogP contribution in [0.2, 0.25) is 0 Å². The van der Waals surface area contributed by atoms with Crippen molar-refractivity contribution in [2.24, 2.45) is 5.10 Å². The maximum absolute atomic E-state index is 12.9. The highest BCUT2D eigenvalue weighted by molar-refractivity contribution is 6.24. The summed E-state index contributed by atoms with van der Waals surface area (Å²) < 4.78 is 0. The minimum atomic E-state index is -0.305. The Labute approximate surface area is 178 Å². The SMILES string of the molecule is O=C(N/N=C\c1cccnc1)c1ccc(CN2C(=O)c3cccc4cccc2c34)cc1. The van der Waals surface area contributed by atoms with Crippen LogP contribution < -0.4 is 10.3 Å². The summed E-state index contributed by atoms with van der Waals surface area (Å²) >= 11 is 0. The minimum absolute atomic E-state index is 0.00152. The number of benzene rings is 3. The molecule has 2 heterocycles. The lowest BCUT2D eigenvalue weighted by atomic mass is 10.1. The molecule has 150 valence electrons. The van der Waals surface area contributed by atoms with Crippen LogP contribution in [0.3, 0.4) is 0 Å². The van der Waals surface area contributed by atoms with Crippen LogP contribution in [-0.2, 0) is 6.54 Å². The molecule has 4 aromatic rings. The number of carbonyl (C=O) groups excluding carboxylic acids is 2. The van der Waals surface area contributed by atoms with Gasteiger partial charge in [0, 0.05) is 34.5 Å². The maximum Gasteiger partial charge on any atom is 0.271 e. The zero-order valence-electron chi connectivity index (χ0n) is 16.5. The molecule has 2 amide bonds. The van der Waals surface area contributed by atoms with Crippen LogP contribution in [0.15, 0.2) is 90.3 Å². The summed E-state index contributed by atoms with van der Waals surface area (Å²) in [6, 6.07) is 22.6. The fourth-order valence-electron chi connectivity index (χ4n) is 3.76. The molecule has 0 bridgehead atoms. The van der Waals surface area contributed by atoms with Crippen LogP contribution in [0, 0.1) is 0 Å². The summed E-state index contributed by atoms with van der Waals surface area (Å²) in [5.41, 5.74) is 6.39. The van der Waals surface area contributed by atoms with Crippen LogP contribution in [0.4, 0.5) is 5.69 Å². The van der Waals surface area contributed by atoms with E-state index >= 15 is 0 Å². The molecule has 1 aliphatic rings. The Morgan fingerprint density at radius 3 is 2.58 bits per heavy atom. The molecule has 0 saturated heterocycles. The Balaban J connectivity index is 1.29. The van der Waals surface area contributed by atoms with Gasteiger partial charge in [0.2, 0.25) is 0 Å². The third-order valence-corrected chi connectivity index (χ3v) is 5.27. The van der Waals surface area contributed by atoms with E-state index in [1.807, 2.05) is 54.6 Å². The zero-order valence-corrected chi connectivity index (χ0v) is 16.5. The van der Waals surface area contributed by atoms with E-state index in [2.05, 4.69) is 15.5 Å². The molecule has 0 unspecified atom stereocenters. The van der Waals surface area contributed by atoms with Crippen LogP contribution in [0.1, 0.15) is 31.8 Å². The number of hydrogen-bond donors (Lipinski definition) is 1. The topological polar surface area (TPSA) is 74.7 Å². The van der Waals surface area contributed by atoms with Crippen LogP contribution >= 0.6 is 0 Å². The molecule has 3 aromatic carbocycles. The molecule has 1 aliphatic heterocycles. The summed E-state index contributed by atoms with van der Waals surface area (Å²) in [6.07, 6.45) is 4.87. The Hall–Kier alpha value is -4.32.